The molecular formula is C15H26N2O4S2. The Morgan fingerprint density at radius 3 is 2.52 bits per heavy atom. The number of sulfonamides is 1. The van der Waals surface area contributed by atoms with Gasteiger partial charge in [-0.1, -0.05) is 13.8 Å². The molecule has 0 aromatic carbocycles. The van der Waals surface area contributed by atoms with E-state index < -0.39 is 16.1 Å². The summed E-state index contributed by atoms with van der Waals surface area (Å²) in [5.41, 5.74) is 0. The van der Waals surface area contributed by atoms with E-state index in [-0.39, 0.29) is 10.1 Å². The van der Waals surface area contributed by atoms with Crippen molar-refractivity contribution in [1.29, 1.82) is 0 Å². The van der Waals surface area contributed by atoms with Crippen LogP contribution in [0.4, 0.5) is 0 Å². The maximum Gasteiger partial charge on any atom is 0.252 e. The highest BCUT2D eigenvalue weighted by Crippen LogP contribution is 2.23. The van der Waals surface area contributed by atoms with Gasteiger partial charge >= 0.3 is 0 Å². The Kier molecular flexibility index (Phi) is 7.66. The fourth-order valence-corrected chi connectivity index (χ4v) is 4.11. The lowest BCUT2D eigenvalue weighted by Crippen LogP contribution is -2.34. The summed E-state index contributed by atoms with van der Waals surface area (Å²) in [6.45, 7) is 6.77. The van der Waals surface area contributed by atoms with Crippen molar-refractivity contribution in [2.45, 2.75) is 44.0 Å². The molecule has 1 aromatic rings. The highest BCUT2D eigenvalue weighted by molar-refractivity contribution is 7.91. The third-order valence-corrected chi connectivity index (χ3v) is 6.61. The Bertz CT molecular complexity index is 609. The summed E-state index contributed by atoms with van der Waals surface area (Å²) in [4.78, 5) is 12.7. The highest BCUT2D eigenvalue weighted by Gasteiger charge is 2.20. The second-order valence-electron chi connectivity index (χ2n) is 5.92. The maximum atomic E-state index is 12.0. The molecule has 0 saturated carbocycles. The van der Waals surface area contributed by atoms with Crippen LogP contribution >= 0.6 is 11.3 Å². The number of ether oxygens (including phenoxy) is 1. The third-order valence-electron chi connectivity index (χ3n) is 3.24. The zero-order valence-corrected chi connectivity index (χ0v) is 16.0. The molecule has 0 aliphatic heterocycles. The van der Waals surface area contributed by atoms with E-state index in [1.54, 1.807) is 19.1 Å². The molecule has 0 bridgehead atoms. The summed E-state index contributed by atoms with van der Waals surface area (Å²) < 4.78 is 30.9. The lowest BCUT2D eigenvalue weighted by atomic mass is 10.1. The Labute approximate surface area is 142 Å². The Morgan fingerprint density at radius 1 is 1.30 bits per heavy atom. The summed E-state index contributed by atoms with van der Waals surface area (Å²) in [5, 5.41) is 2.77. The summed E-state index contributed by atoms with van der Waals surface area (Å²) in [5.74, 6) is 0.340. The number of rotatable bonds is 9. The second-order valence-corrected chi connectivity index (χ2v) is 9.47. The molecule has 0 fully saturated rings. The van der Waals surface area contributed by atoms with E-state index in [9.17, 15) is 13.2 Å². The van der Waals surface area contributed by atoms with Gasteiger partial charge in [0.2, 0.25) is 5.91 Å². The zero-order valence-electron chi connectivity index (χ0n) is 14.3. The predicted octanol–water partition coefficient (Wildman–Crippen LogP) is 2.07. The van der Waals surface area contributed by atoms with E-state index in [1.807, 2.05) is 0 Å². The molecule has 0 saturated heterocycles. The van der Waals surface area contributed by atoms with E-state index >= 15 is 0 Å². The first-order valence-electron chi connectivity index (χ1n) is 7.55. The van der Waals surface area contributed by atoms with Crippen LogP contribution in [0.25, 0.3) is 0 Å². The molecule has 0 radical (unpaired) electrons. The molecule has 1 atom stereocenters. The van der Waals surface area contributed by atoms with Crippen LogP contribution < -0.4 is 5.32 Å². The van der Waals surface area contributed by atoms with Crippen LogP contribution in [0, 0.1) is 5.92 Å². The van der Waals surface area contributed by atoms with E-state index in [1.165, 1.54) is 18.4 Å². The molecule has 8 heteroatoms. The van der Waals surface area contributed by atoms with Gasteiger partial charge in [-0.2, -0.15) is 0 Å². The van der Waals surface area contributed by atoms with Gasteiger partial charge in [-0.05, 0) is 31.4 Å². The van der Waals surface area contributed by atoms with Crippen molar-refractivity contribution in [3.63, 3.8) is 0 Å². The summed E-state index contributed by atoms with van der Waals surface area (Å²) in [7, 11) is -0.431. The summed E-state index contributed by atoms with van der Waals surface area (Å²) in [6, 6.07) is 3.27. The largest absolute Gasteiger partial charge is 0.369 e. The molecule has 1 rings (SSSR count). The molecule has 0 spiro atoms. The van der Waals surface area contributed by atoms with Crippen molar-refractivity contribution in [2.75, 3.05) is 20.7 Å². The molecule has 1 aromatic heterocycles. The zero-order chi connectivity index (χ0) is 17.6. The average molecular weight is 363 g/mol. The van der Waals surface area contributed by atoms with Crippen LogP contribution in [0.15, 0.2) is 16.3 Å². The van der Waals surface area contributed by atoms with Crippen LogP contribution in [0.5, 0.6) is 0 Å². The van der Waals surface area contributed by atoms with Crippen molar-refractivity contribution in [3.05, 3.63) is 17.0 Å². The first-order chi connectivity index (χ1) is 10.6. The summed E-state index contributed by atoms with van der Waals surface area (Å²) >= 11 is 1.16. The van der Waals surface area contributed by atoms with Crippen LogP contribution in [0.2, 0.25) is 0 Å². The van der Waals surface area contributed by atoms with Gasteiger partial charge in [-0.15, -0.1) is 11.3 Å². The van der Waals surface area contributed by atoms with Crippen LogP contribution in [-0.2, 0) is 26.1 Å². The lowest BCUT2D eigenvalue weighted by molar-refractivity contribution is -0.132. The van der Waals surface area contributed by atoms with Gasteiger partial charge in [0.25, 0.3) is 10.0 Å². The molecule has 1 amide bonds. The molecule has 6 nitrogen and oxygen atoms in total. The number of amides is 1. The quantitative estimate of drug-likeness (QED) is 0.730. The van der Waals surface area contributed by atoms with Gasteiger partial charge in [0.05, 0.1) is 6.54 Å². The Morgan fingerprint density at radius 2 is 1.96 bits per heavy atom. The normalized spacial score (nSPS) is 13.5. The van der Waals surface area contributed by atoms with Gasteiger partial charge in [0.1, 0.15) is 10.3 Å². The number of hydrogen-bond donors (Lipinski definition) is 1. The monoisotopic (exact) mass is 362 g/mol. The number of thiophene rings is 1. The lowest BCUT2D eigenvalue weighted by Gasteiger charge is -2.13. The van der Waals surface area contributed by atoms with Gasteiger partial charge in [-0.3, -0.25) is 4.79 Å². The van der Waals surface area contributed by atoms with Crippen molar-refractivity contribution < 1.29 is 17.9 Å². The number of carbonyl (C=O) groups excluding carboxylic acids is 1. The third kappa shape index (κ3) is 6.21. The first kappa shape index (κ1) is 20.1. The molecule has 0 aliphatic carbocycles. The topological polar surface area (TPSA) is 75.7 Å². The molecule has 132 valence electrons. The average Bonchev–Trinajstić information content (AvgIpc) is 2.93. The van der Waals surface area contributed by atoms with E-state index in [0.29, 0.717) is 19.1 Å². The number of nitrogens with one attached hydrogen (secondary N) is 1. The Balaban J connectivity index is 2.49. The SMILES string of the molecule is CC(C)CCO[C@H](C)C(=O)NCc1ccc(S(=O)(=O)N(C)C)s1. The van der Waals surface area contributed by atoms with Gasteiger partial charge in [0, 0.05) is 25.6 Å². The molecule has 1 heterocycles. The fourth-order valence-electron chi connectivity index (χ4n) is 1.65. The minimum atomic E-state index is -3.42. The van der Waals surface area contributed by atoms with E-state index in [0.717, 1.165) is 22.6 Å². The first-order valence-corrected chi connectivity index (χ1v) is 9.80. The van der Waals surface area contributed by atoms with E-state index in [4.69, 9.17) is 4.74 Å². The van der Waals surface area contributed by atoms with E-state index in [2.05, 4.69) is 19.2 Å². The van der Waals surface area contributed by atoms with Crippen LogP contribution in [-0.4, -0.2) is 45.4 Å². The second kappa shape index (κ2) is 8.77. The molecule has 23 heavy (non-hydrogen) atoms. The minimum Gasteiger partial charge on any atom is -0.369 e. The molecule has 0 unspecified atom stereocenters. The van der Waals surface area contributed by atoms with Gasteiger partial charge < -0.3 is 10.1 Å². The van der Waals surface area contributed by atoms with Crippen LogP contribution in [0.3, 0.4) is 0 Å². The van der Waals surface area contributed by atoms with Crippen molar-refractivity contribution in [1.82, 2.24) is 9.62 Å². The predicted molar refractivity (Wildman–Crippen MR) is 91.9 cm³/mol. The van der Waals surface area contributed by atoms with Crippen molar-refractivity contribution >= 4 is 27.3 Å². The van der Waals surface area contributed by atoms with Gasteiger partial charge in [-0.25, -0.2) is 12.7 Å². The Hall–Kier alpha value is -0.960. The molecular weight excluding hydrogens is 336 g/mol. The highest BCUT2D eigenvalue weighted by atomic mass is 32.2. The van der Waals surface area contributed by atoms with Gasteiger partial charge in [0.15, 0.2) is 0 Å². The number of nitrogens with zero attached hydrogens (tertiary/aromatic N) is 1. The minimum absolute atomic E-state index is 0.195. The smallest absolute Gasteiger partial charge is 0.252 e. The standard InChI is InChI=1S/C15H26N2O4S2/c1-11(2)8-9-21-12(3)15(18)16-10-13-6-7-14(22-13)23(19,20)17(4)5/h6-7,11-12H,8-10H2,1-5H3,(H,16,18)/t12-/m1/s1. The van der Waals surface area contributed by atoms with Crippen molar-refractivity contribution in [2.24, 2.45) is 5.92 Å². The van der Waals surface area contributed by atoms with Crippen LogP contribution in [0.1, 0.15) is 32.1 Å². The maximum absolute atomic E-state index is 12.0. The number of carbonyl (C=O) groups is 1. The number of hydrogen-bond acceptors (Lipinski definition) is 5. The molecule has 0 aliphatic rings. The van der Waals surface area contributed by atoms with Crippen molar-refractivity contribution in [3.8, 4) is 0 Å². The summed E-state index contributed by atoms with van der Waals surface area (Å²) in [6.07, 6.45) is 0.396. The fraction of sp³-hybridized carbons (Fsp3) is 0.667. The molecule has 1 N–H and O–H groups in total.